The van der Waals surface area contributed by atoms with Crippen molar-refractivity contribution in [3.8, 4) is 6.07 Å². The smallest absolute Gasteiger partial charge is 0.205 e. The standard InChI is InChI=1S/C10H9F2N/c1-7(6-13)8-3-2-4-9(5-8)10(11)12/h2-5,7,10H,1H3. The van der Waals surface area contributed by atoms with Crippen LogP contribution in [-0.2, 0) is 0 Å². The Balaban J connectivity index is 3.00. The molecule has 68 valence electrons. The molecule has 0 aliphatic heterocycles. The van der Waals surface area contributed by atoms with E-state index >= 15 is 0 Å². The van der Waals surface area contributed by atoms with Crippen molar-refractivity contribution in [2.75, 3.05) is 0 Å². The largest absolute Gasteiger partial charge is 0.263 e. The maximum absolute atomic E-state index is 12.2. The highest BCUT2D eigenvalue weighted by Crippen LogP contribution is 2.22. The maximum Gasteiger partial charge on any atom is 0.263 e. The van der Waals surface area contributed by atoms with Gasteiger partial charge in [0, 0.05) is 5.56 Å². The molecule has 0 aliphatic carbocycles. The number of halogens is 2. The topological polar surface area (TPSA) is 23.8 Å². The second-order valence-corrected chi connectivity index (χ2v) is 2.82. The van der Waals surface area contributed by atoms with Gasteiger partial charge in [0.2, 0.25) is 0 Å². The molecule has 0 amide bonds. The van der Waals surface area contributed by atoms with Gasteiger partial charge in [-0.1, -0.05) is 18.2 Å². The molecular weight excluding hydrogens is 172 g/mol. The first-order valence-electron chi connectivity index (χ1n) is 3.92. The number of nitrogens with zero attached hydrogens (tertiary/aromatic N) is 1. The summed E-state index contributed by atoms with van der Waals surface area (Å²) in [4.78, 5) is 0. The zero-order valence-corrected chi connectivity index (χ0v) is 7.17. The Morgan fingerprint density at radius 3 is 2.46 bits per heavy atom. The molecule has 0 spiro atoms. The van der Waals surface area contributed by atoms with Gasteiger partial charge in [0.25, 0.3) is 6.43 Å². The van der Waals surface area contributed by atoms with E-state index in [0.717, 1.165) is 0 Å². The molecule has 1 aromatic carbocycles. The van der Waals surface area contributed by atoms with Gasteiger partial charge >= 0.3 is 0 Å². The fourth-order valence-electron chi connectivity index (χ4n) is 1.04. The molecule has 0 bridgehead atoms. The number of rotatable bonds is 2. The van der Waals surface area contributed by atoms with E-state index in [1.807, 2.05) is 6.07 Å². The molecule has 13 heavy (non-hydrogen) atoms. The van der Waals surface area contributed by atoms with Crippen LogP contribution >= 0.6 is 0 Å². The average Bonchev–Trinajstić information content (AvgIpc) is 2.17. The van der Waals surface area contributed by atoms with E-state index in [4.69, 9.17) is 5.26 Å². The van der Waals surface area contributed by atoms with Gasteiger partial charge in [0.05, 0.1) is 12.0 Å². The Morgan fingerprint density at radius 1 is 1.31 bits per heavy atom. The Bertz CT molecular complexity index is 328. The van der Waals surface area contributed by atoms with E-state index in [0.29, 0.717) is 5.56 Å². The van der Waals surface area contributed by atoms with Gasteiger partial charge < -0.3 is 0 Å². The summed E-state index contributed by atoms with van der Waals surface area (Å²) in [5.74, 6) is -0.335. The van der Waals surface area contributed by atoms with E-state index in [1.165, 1.54) is 12.1 Å². The van der Waals surface area contributed by atoms with E-state index < -0.39 is 6.43 Å². The first-order valence-corrected chi connectivity index (χ1v) is 3.92. The van der Waals surface area contributed by atoms with Crippen LogP contribution in [0.3, 0.4) is 0 Å². The Kier molecular flexibility index (Phi) is 2.97. The minimum absolute atomic E-state index is 0.0281. The lowest BCUT2D eigenvalue weighted by Gasteiger charge is -2.05. The number of nitriles is 1. The summed E-state index contributed by atoms with van der Waals surface area (Å²) in [5.41, 5.74) is 0.611. The minimum Gasteiger partial charge on any atom is -0.205 e. The van der Waals surface area contributed by atoms with Crippen LogP contribution in [0.2, 0.25) is 0 Å². The monoisotopic (exact) mass is 181 g/mol. The molecule has 1 rings (SSSR count). The normalized spacial score (nSPS) is 12.5. The molecule has 0 N–H and O–H groups in total. The quantitative estimate of drug-likeness (QED) is 0.687. The first-order chi connectivity index (χ1) is 6.15. The lowest BCUT2D eigenvalue weighted by molar-refractivity contribution is 0.151. The molecule has 0 saturated carbocycles. The van der Waals surface area contributed by atoms with Gasteiger partial charge in [0.1, 0.15) is 0 Å². The van der Waals surface area contributed by atoms with Crippen molar-refractivity contribution in [3.05, 3.63) is 35.4 Å². The van der Waals surface area contributed by atoms with Crippen molar-refractivity contribution in [2.45, 2.75) is 19.3 Å². The molecule has 1 nitrogen and oxygen atoms in total. The molecule has 1 atom stereocenters. The highest BCUT2D eigenvalue weighted by atomic mass is 19.3. The number of hydrogen-bond acceptors (Lipinski definition) is 1. The molecule has 0 aromatic heterocycles. The van der Waals surface area contributed by atoms with Crippen LogP contribution in [0, 0.1) is 11.3 Å². The van der Waals surface area contributed by atoms with E-state index in [-0.39, 0.29) is 11.5 Å². The lowest BCUT2D eigenvalue weighted by atomic mass is 10.0. The molecule has 0 radical (unpaired) electrons. The summed E-state index contributed by atoms with van der Waals surface area (Å²) in [5, 5.41) is 8.58. The Labute approximate surface area is 75.6 Å². The lowest BCUT2D eigenvalue weighted by Crippen LogP contribution is -1.92. The predicted molar refractivity (Wildman–Crippen MR) is 45.4 cm³/mol. The number of alkyl halides is 2. The Hall–Kier alpha value is -1.43. The molecular formula is C10H9F2N. The van der Waals surface area contributed by atoms with Crippen LogP contribution in [0.1, 0.15) is 30.4 Å². The van der Waals surface area contributed by atoms with Crippen LogP contribution in [0.25, 0.3) is 0 Å². The zero-order valence-electron chi connectivity index (χ0n) is 7.17. The molecule has 1 unspecified atom stereocenters. The van der Waals surface area contributed by atoms with Gasteiger partial charge in [0.15, 0.2) is 0 Å². The van der Waals surface area contributed by atoms with Gasteiger partial charge in [-0.05, 0) is 18.6 Å². The van der Waals surface area contributed by atoms with E-state index in [1.54, 1.807) is 19.1 Å². The summed E-state index contributed by atoms with van der Waals surface area (Å²) in [6.45, 7) is 1.69. The summed E-state index contributed by atoms with van der Waals surface area (Å²) in [7, 11) is 0. The summed E-state index contributed by atoms with van der Waals surface area (Å²) in [6.07, 6.45) is -2.47. The fourth-order valence-corrected chi connectivity index (χ4v) is 1.04. The molecule has 3 heteroatoms. The van der Waals surface area contributed by atoms with Crippen molar-refractivity contribution in [3.63, 3.8) is 0 Å². The minimum atomic E-state index is -2.47. The molecule has 0 aliphatic rings. The van der Waals surface area contributed by atoms with E-state index in [9.17, 15) is 8.78 Å². The molecule has 1 aromatic rings. The van der Waals surface area contributed by atoms with Crippen molar-refractivity contribution < 1.29 is 8.78 Å². The van der Waals surface area contributed by atoms with Gasteiger partial charge in [-0.25, -0.2) is 8.78 Å². The third-order valence-electron chi connectivity index (χ3n) is 1.86. The summed E-state index contributed by atoms with van der Waals surface area (Å²) in [6, 6.07) is 7.96. The van der Waals surface area contributed by atoms with Crippen LogP contribution in [-0.4, -0.2) is 0 Å². The van der Waals surface area contributed by atoms with Crippen molar-refractivity contribution >= 4 is 0 Å². The second kappa shape index (κ2) is 3.99. The van der Waals surface area contributed by atoms with Crippen LogP contribution < -0.4 is 0 Å². The maximum atomic E-state index is 12.2. The van der Waals surface area contributed by atoms with Crippen molar-refractivity contribution in [2.24, 2.45) is 0 Å². The SMILES string of the molecule is CC(C#N)c1cccc(C(F)F)c1. The summed E-state index contributed by atoms with van der Waals surface area (Å²) >= 11 is 0. The van der Waals surface area contributed by atoms with Gasteiger partial charge in [-0.2, -0.15) is 5.26 Å². The predicted octanol–water partition coefficient (Wildman–Crippen LogP) is 3.25. The van der Waals surface area contributed by atoms with Crippen LogP contribution in [0.15, 0.2) is 24.3 Å². The van der Waals surface area contributed by atoms with Crippen LogP contribution in [0.4, 0.5) is 8.78 Å². The summed E-state index contributed by atoms with van der Waals surface area (Å²) < 4.78 is 24.5. The number of hydrogen-bond donors (Lipinski definition) is 0. The van der Waals surface area contributed by atoms with Gasteiger partial charge in [-0.3, -0.25) is 0 Å². The third-order valence-corrected chi connectivity index (χ3v) is 1.86. The third kappa shape index (κ3) is 2.25. The molecule has 0 saturated heterocycles. The van der Waals surface area contributed by atoms with Gasteiger partial charge in [-0.15, -0.1) is 0 Å². The first kappa shape index (κ1) is 9.66. The average molecular weight is 181 g/mol. The van der Waals surface area contributed by atoms with Crippen LogP contribution in [0.5, 0.6) is 0 Å². The Morgan fingerprint density at radius 2 is 1.92 bits per heavy atom. The second-order valence-electron chi connectivity index (χ2n) is 2.82. The number of benzene rings is 1. The fraction of sp³-hybridized carbons (Fsp3) is 0.300. The highest BCUT2D eigenvalue weighted by molar-refractivity contribution is 5.29. The van der Waals surface area contributed by atoms with Crippen molar-refractivity contribution in [1.29, 1.82) is 5.26 Å². The zero-order chi connectivity index (χ0) is 9.84. The molecule has 0 heterocycles. The molecule has 0 fully saturated rings. The highest BCUT2D eigenvalue weighted by Gasteiger charge is 2.09. The van der Waals surface area contributed by atoms with Crippen molar-refractivity contribution in [1.82, 2.24) is 0 Å². The van der Waals surface area contributed by atoms with E-state index in [2.05, 4.69) is 0 Å².